The van der Waals surface area contributed by atoms with Crippen molar-refractivity contribution in [3.63, 3.8) is 0 Å². The molecular weight excluding hydrogens is 236 g/mol. The number of hydrogen-bond donors (Lipinski definition) is 1. The van der Waals surface area contributed by atoms with Gasteiger partial charge in [-0.15, -0.1) is 0 Å². The van der Waals surface area contributed by atoms with Gasteiger partial charge in [0.25, 0.3) is 0 Å². The van der Waals surface area contributed by atoms with Crippen molar-refractivity contribution < 1.29 is 0 Å². The molecule has 0 aromatic carbocycles. The van der Waals surface area contributed by atoms with Crippen LogP contribution in [0.5, 0.6) is 0 Å². The third-order valence-corrected chi connectivity index (χ3v) is 4.00. The van der Waals surface area contributed by atoms with E-state index in [1.165, 1.54) is 24.8 Å². The Hall–Kier alpha value is -1.32. The molecule has 0 amide bonds. The quantitative estimate of drug-likeness (QED) is 0.885. The molecule has 0 radical (unpaired) electrons. The lowest BCUT2D eigenvalue weighted by Crippen LogP contribution is -2.23. The van der Waals surface area contributed by atoms with Gasteiger partial charge in [0.15, 0.2) is 0 Å². The van der Waals surface area contributed by atoms with E-state index in [-0.39, 0.29) is 0 Å². The monoisotopic (exact) mass is 262 g/mol. The summed E-state index contributed by atoms with van der Waals surface area (Å²) in [5.41, 5.74) is 1.18. The SMILES string of the molecule is CCCC1CCN(c2nc(CC)nc(NC)c2C)C1. The van der Waals surface area contributed by atoms with Gasteiger partial charge in [0.05, 0.1) is 0 Å². The summed E-state index contributed by atoms with van der Waals surface area (Å²) >= 11 is 0. The van der Waals surface area contributed by atoms with Crippen molar-refractivity contribution in [2.75, 3.05) is 30.4 Å². The molecule has 4 heteroatoms. The van der Waals surface area contributed by atoms with Crippen LogP contribution in [0, 0.1) is 12.8 Å². The van der Waals surface area contributed by atoms with Crippen molar-refractivity contribution in [3.8, 4) is 0 Å². The molecule has 1 aromatic rings. The molecule has 1 unspecified atom stereocenters. The maximum absolute atomic E-state index is 4.75. The molecule has 1 aliphatic heterocycles. The minimum absolute atomic E-state index is 0.836. The van der Waals surface area contributed by atoms with E-state index in [1.807, 2.05) is 7.05 Å². The fourth-order valence-electron chi connectivity index (χ4n) is 2.93. The Bertz CT molecular complexity index is 430. The molecule has 1 aromatic heterocycles. The van der Waals surface area contributed by atoms with E-state index in [2.05, 4.69) is 36.0 Å². The van der Waals surface area contributed by atoms with E-state index in [1.54, 1.807) is 0 Å². The van der Waals surface area contributed by atoms with Crippen LogP contribution in [-0.4, -0.2) is 30.1 Å². The minimum atomic E-state index is 0.836. The highest BCUT2D eigenvalue weighted by Gasteiger charge is 2.25. The van der Waals surface area contributed by atoms with Gasteiger partial charge < -0.3 is 10.2 Å². The van der Waals surface area contributed by atoms with Gasteiger partial charge in [0.1, 0.15) is 17.5 Å². The number of hydrogen-bond acceptors (Lipinski definition) is 4. The zero-order chi connectivity index (χ0) is 13.8. The van der Waals surface area contributed by atoms with Gasteiger partial charge in [-0.05, 0) is 25.7 Å². The molecule has 4 nitrogen and oxygen atoms in total. The van der Waals surface area contributed by atoms with Gasteiger partial charge >= 0.3 is 0 Å². The summed E-state index contributed by atoms with van der Waals surface area (Å²) in [6.45, 7) is 8.78. The van der Waals surface area contributed by atoms with Crippen molar-refractivity contribution in [1.29, 1.82) is 0 Å². The molecule has 106 valence electrons. The Labute approximate surface area is 116 Å². The highest BCUT2D eigenvalue weighted by molar-refractivity contribution is 5.58. The lowest BCUT2D eigenvalue weighted by atomic mass is 10.0. The van der Waals surface area contributed by atoms with E-state index in [0.29, 0.717) is 0 Å². The molecular formula is C15H26N4. The van der Waals surface area contributed by atoms with Crippen LogP contribution < -0.4 is 10.2 Å². The lowest BCUT2D eigenvalue weighted by Gasteiger charge is -2.21. The van der Waals surface area contributed by atoms with Crippen LogP contribution in [0.1, 0.15) is 44.5 Å². The van der Waals surface area contributed by atoms with E-state index in [0.717, 1.165) is 42.9 Å². The first-order valence-electron chi connectivity index (χ1n) is 7.49. The zero-order valence-electron chi connectivity index (χ0n) is 12.7. The molecule has 1 atom stereocenters. The average molecular weight is 262 g/mol. The molecule has 0 aliphatic carbocycles. The first-order chi connectivity index (χ1) is 9.19. The molecule has 0 spiro atoms. The number of nitrogens with zero attached hydrogens (tertiary/aromatic N) is 3. The maximum Gasteiger partial charge on any atom is 0.137 e. The first-order valence-corrected chi connectivity index (χ1v) is 7.49. The van der Waals surface area contributed by atoms with Crippen LogP contribution in [0.3, 0.4) is 0 Å². The topological polar surface area (TPSA) is 41.1 Å². The number of anilines is 2. The maximum atomic E-state index is 4.75. The molecule has 0 saturated carbocycles. The van der Waals surface area contributed by atoms with E-state index < -0.39 is 0 Å². The predicted molar refractivity (Wildman–Crippen MR) is 80.9 cm³/mol. The number of rotatable bonds is 5. The molecule has 1 fully saturated rings. The van der Waals surface area contributed by atoms with E-state index >= 15 is 0 Å². The van der Waals surface area contributed by atoms with Crippen LogP contribution in [-0.2, 0) is 6.42 Å². The molecule has 2 rings (SSSR count). The molecule has 1 N–H and O–H groups in total. The van der Waals surface area contributed by atoms with Crippen molar-refractivity contribution in [2.24, 2.45) is 5.92 Å². The normalized spacial score (nSPS) is 18.9. The summed E-state index contributed by atoms with van der Waals surface area (Å²) in [5.74, 6) is 3.88. The molecule has 2 heterocycles. The van der Waals surface area contributed by atoms with Crippen molar-refractivity contribution in [2.45, 2.75) is 46.5 Å². The van der Waals surface area contributed by atoms with Gasteiger partial charge in [-0.1, -0.05) is 20.3 Å². The highest BCUT2D eigenvalue weighted by atomic mass is 15.2. The van der Waals surface area contributed by atoms with Gasteiger partial charge in [0, 0.05) is 32.1 Å². The average Bonchev–Trinajstić information content (AvgIpc) is 2.88. The Kier molecular flexibility index (Phi) is 4.61. The summed E-state index contributed by atoms with van der Waals surface area (Å²) in [6, 6.07) is 0. The lowest BCUT2D eigenvalue weighted by molar-refractivity contribution is 0.529. The van der Waals surface area contributed by atoms with Crippen LogP contribution >= 0.6 is 0 Å². The second kappa shape index (κ2) is 6.22. The smallest absolute Gasteiger partial charge is 0.137 e. The number of nitrogens with one attached hydrogen (secondary N) is 1. The second-order valence-corrected chi connectivity index (χ2v) is 5.43. The summed E-state index contributed by atoms with van der Waals surface area (Å²) in [6.07, 6.45) is 4.80. The van der Waals surface area contributed by atoms with E-state index in [4.69, 9.17) is 4.98 Å². The van der Waals surface area contributed by atoms with Crippen LogP contribution in [0.4, 0.5) is 11.6 Å². The third kappa shape index (κ3) is 2.99. The van der Waals surface area contributed by atoms with E-state index in [9.17, 15) is 0 Å². The Morgan fingerprint density at radius 1 is 1.32 bits per heavy atom. The number of aryl methyl sites for hydroxylation is 1. The van der Waals surface area contributed by atoms with Gasteiger partial charge in [-0.3, -0.25) is 0 Å². The third-order valence-electron chi connectivity index (χ3n) is 4.00. The molecule has 19 heavy (non-hydrogen) atoms. The van der Waals surface area contributed by atoms with Crippen LogP contribution in [0.15, 0.2) is 0 Å². The minimum Gasteiger partial charge on any atom is -0.373 e. The predicted octanol–water partition coefficient (Wildman–Crippen LogP) is 3.02. The standard InChI is InChI=1S/C15H26N4/c1-5-7-12-8-9-19(10-12)15-11(3)14(16-4)17-13(6-2)18-15/h12H,5-10H2,1-4H3,(H,16,17,18). The Morgan fingerprint density at radius 2 is 2.11 bits per heavy atom. The summed E-state index contributed by atoms with van der Waals surface area (Å²) in [4.78, 5) is 11.7. The first kappa shape index (κ1) is 14.1. The van der Waals surface area contributed by atoms with Gasteiger partial charge in [0.2, 0.25) is 0 Å². The van der Waals surface area contributed by atoms with Crippen molar-refractivity contribution in [3.05, 3.63) is 11.4 Å². The molecule has 0 bridgehead atoms. The fourth-order valence-corrected chi connectivity index (χ4v) is 2.93. The summed E-state index contributed by atoms with van der Waals surface area (Å²) in [7, 11) is 1.93. The van der Waals surface area contributed by atoms with Crippen molar-refractivity contribution in [1.82, 2.24) is 9.97 Å². The summed E-state index contributed by atoms with van der Waals surface area (Å²) < 4.78 is 0. The highest BCUT2D eigenvalue weighted by Crippen LogP contribution is 2.30. The zero-order valence-corrected chi connectivity index (χ0v) is 12.7. The fraction of sp³-hybridized carbons (Fsp3) is 0.733. The second-order valence-electron chi connectivity index (χ2n) is 5.43. The van der Waals surface area contributed by atoms with Gasteiger partial charge in [-0.25, -0.2) is 9.97 Å². The largest absolute Gasteiger partial charge is 0.373 e. The summed E-state index contributed by atoms with van der Waals surface area (Å²) in [5, 5.41) is 3.19. The van der Waals surface area contributed by atoms with Crippen molar-refractivity contribution >= 4 is 11.6 Å². The Balaban J connectivity index is 2.24. The van der Waals surface area contributed by atoms with Crippen LogP contribution in [0.2, 0.25) is 0 Å². The van der Waals surface area contributed by atoms with Gasteiger partial charge in [-0.2, -0.15) is 0 Å². The molecule has 1 aliphatic rings. The Morgan fingerprint density at radius 3 is 2.74 bits per heavy atom. The number of aromatic nitrogens is 2. The van der Waals surface area contributed by atoms with Crippen LogP contribution in [0.25, 0.3) is 0 Å². The molecule has 1 saturated heterocycles.